The zero-order chi connectivity index (χ0) is 7.56. The van der Waals surface area contributed by atoms with E-state index in [0.717, 1.165) is 0 Å². The number of rotatable bonds is 0. The molecule has 1 rings (SSSR count). The van der Waals surface area contributed by atoms with Crippen LogP contribution in [0.15, 0.2) is 29.5 Å². The number of hydrogen-bond acceptors (Lipinski definition) is 3. The maximum atomic E-state index is 10.1. The van der Waals surface area contributed by atoms with E-state index in [9.17, 15) is 4.79 Å². The summed E-state index contributed by atoms with van der Waals surface area (Å²) in [5.41, 5.74) is 5.97. The second-order valence-electron chi connectivity index (χ2n) is 2.01. The summed E-state index contributed by atoms with van der Waals surface area (Å²) in [6.45, 7) is 0. The van der Waals surface area contributed by atoms with Crippen molar-refractivity contribution in [1.82, 2.24) is 0 Å². The van der Waals surface area contributed by atoms with Crippen molar-refractivity contribution in [2.45, 2.75) is 6.10 Å². The van der Waals surface area contributed by atoms with Gasteiger partial charge in [-0.2, -0.15) is 0 Å². The van der Waals surface area contributed by atoms with Gasteiger partial charge in [0.25, 0.3) is 0 Å². The molecule has 3 heteroatoms. The fourth-order valence-electron chi connectivity index (χ4n) is 0.709. The summed E-state index contributed by atoms with van der Waals surface area (Å²) in [5.74, 6) is 1.59. The number of aliphatic hydroxyl groups is 1. The minimum Gasteiger partial charge on any atom is -0.399 e. The van der Waals surface area contributed by atoms with Gasteiger partial charge in [-0.3, -0.25) is 0 Å². The second-order valence-corrected chi connectivity index (χ2v) is 2.01. The Labute approximate surface area is 58.1 Å². The van der Waals surface area contributed by atoms with Gasteiger partial charge in [0.15, 0.2) is 0 Å². The van der Waals surface area contributed by atoms with Crippen molar-refractivity contribution in [3.8, 4) is 0 Å². The molecular formula is C7H7NO2. The van der Waals surface area contributed by atoms with E-state index < -0.39 is 6.10 Å². The number of nitrogens with two attached hydrogens (primary N) is 1. The molecule has 1 unspecified atom stereocenters. The summed E-state index contributed by atoms with van der Waals surface area (Å²) in [4.78, 5) is 10.1. The van der Waals surface area contributed by atoms with Crippen molar-refractivity contribution >= 4 is 5.94 Å². The van der Waals surface area contributed by atoms with Gasteiger partial charge in [0.2, 0.25) is 0 Å². The molecular weight excluding hydrogens is 130 g/mol. The van der Waals surface area contributed by atoms with Gasteiger partial charge in [0.05, 0.1) is 5.57 Å². The first-order valence-electron chi connectivity index (χ1n) is 2.82. The Hall–Kier alpha value is -1.31. The Kier molecular flexibility index (Phi) is 1.71. The van der Waals surface area contributed by atoms with Crippen LogP contribution in [0.2, 0.25) is 0 Å². The molecule has 1 atom stereocenters. The molecule has 0 saturated carbocycles. The minimum atomic E-state index is -0.843. The van der Waals surface area contributed by atoms with Crippen molar-refractivity contribution in [2.24, 2.45) is 5.73 Å². The lowest BCUT2D eigenvalue weighted by Gasteiger charge is -2.07. The van der Waals surface area contributed by atoms with E-state index in [4.69, 9.17) is 10.8 Å². The fourth-order valence-corrected chi connectivity index (χ4v) is 0.709. The van der Waals surface area contributed by atoms with E-state index in [1.807, 2.05) is 0 Å². The van der Waals surface area contributed by atoms with Crippen LogP contribution in [0.4, 0.5) is 0 Å². The fraction of sp³-hybridized carbons (Fsp3) is 0.143. The third-order valence-electron chi connectivity index (χ3n) is 1.23. The van der Waals surface area contributed by atoms with Crippen molar-refractivity contribution < 1.29 is 9.90 Å². The zero-order valence-corrected chi connectivity index (χ0v) is 5.24. The number of carbonyl (C=O) groups excluding carboxylic acids is 1. The van der Waals surface area contributed by atoms with Crippen LogP contribution >= 0.6 is 0 Å². The highest BCUT2D eigenvalue weighted by Gasteiger charge is 2.09. The smallest absolute Gasteiger partial charge is 0.131 e. The van der Waals surface area contributed by atoms with Crippen LogP contribution in [0.25, 0.3) is 0 Å². The predicted octanol–water partition coefficient (Wildman–Crippen LogP) is -0.482. The maximum Gasteiger partial charge on any atom is 0.131 e. The number of aliphatic hydroxyl groups excluding tert-OH is 1. The van der Waals surface area contributed by atoms with Crippen molar-refractivity contribution in [1.29, 1.82) is 0 Å². The Bertz CT molecular complexity index is 246. The average Bonchev–Trinajstić information content (AvgIpc) is 1.94. The van der Waals surface area contributed by atoms with Gasteiger partial charge < -0.3 is 10.8 Å². The quantitative estimate of drug-likeness (QED) is 0.443. The van der Waals surface area contributed by atoms with Crippen LogP contribution in [-0.2, 0) is 4.79 Å². The van der Waals surface area contributed by atoms with E-state index in [1.165, 1.54) is 12.2 Å². The molecule has 10 heavy (non-hydrogen) atoms. The molecule has 1 aliphatic rings. The van der Waals surface area contributed by atoms with E-state index in [0.29, 0.717) is 5.70 Å². The monoisotopic (exact) mass is 137 g/mol. The van der Waals surface area contributed by atoms with Gasteiger partial charge in [0, 0.05) is 5.70 Å². The van der Waals surface area contributed by atoms with Crippen LogP contribution in [-0.4, -0.2) is 17.2 Å². The summed E-state index contributed by atoms with van der Waals surface area (Å²) >= 11 is 0. The molecule has 0 fully saturated rings. The van der Waals surface area contributed by atoms with Gasteiger partial charge >= 0.3 is 0 Å². The highest BCUT2D eigenvalue weighted by molar-refractivity contribution is 5.62. The highest BCUT2D eigenvalue weighted by atomic mass is 16.3. The van der Waals surface area contributed by atoms with Crippen LogP contribution in [0.3, 0.4) is 0 Å². The van der Waals surface area contributed by atoms with Crippen molar-refractivity contribution in [2.75, 3.05) is 0 Å². The van der Waals surface area contributed by atoms with Gasteiger partial charge in [-0.1, -0.05) is 0 Å². The second kappa shape index (κ2) is 2.52. The Balaban J connectivity index is 2.98. The molecule has 0 aromatic rings. The van der Waals surface area contributed by atoms with Crippen molar-refractivity contribution in [3.05, 3.63) is 29.5 Å². The summed E-state index contributed by atoms with van der Waals surface area (Å²) in [6.07, 6.45) is 3.54. The summed E-state index contributed by atoms with van der Waals surface area (Å²) < 4.78 is 0. The molecule has 0 aliphatic heterocycles. The summed E-state index contributed by atoms with van der Waals surface area (Å²) in [7, 11) is 0. The molecule has 0 saturated heterocycles. The van der Waals surface area contributed by atoms with Gasteiger partial charge in [-0.05, 0) is 18.2 Å². The van der Waals surface area contributed by atoms with E-state index in [2.05, 4.69) is 0 Å². The third-order valence-corrected chi connectivity index (χ3v) is 1.23. The first kappa shape index (κ1) is 6.81. The number of hydrogen-bond donors (Lipinski definition) is 2. The molecule has 0 aromatic carbocycles. The molecule has 0 amide bonds. The average molecular weight is 137 g/mol. The zero-order valence-electron chi connectivity index (χ0n) is 5.24. The molecule has 0 bridgehead atoms. The highest BCUT2D eigenvalue weighted by Crippen LogP contribution is 2.09. The van der Waals surface area contributed by atoms with Gasteiger partial charge in [-0.15, -0.1) is 0 Å². The Morgan fingerprint density at radius 2 is 2.40 bits per heavy atom. The minimum absolute atomic E-state index is 0.181. The molecule has 0 spiro atoms. The molecule has 52 valence electrons. The number of allylic oxidation sites excluding steroid dienone is 1. The lowest BCUT2D eigenvalue weighted by Crippen LogP contribution is -2.12. The van der Waals surface area contributed by atoms with Crippen molar-refractivity contribution in [3.63, 3.8) is 0 Å². The SMILES string of the molecule is NC1=CC(=C=O)C(O)C=C1. The standard InChI is InChI=1S/C7H7NO2/c8-6-1-2-7(10)5(3-6)4-9/h1-3,7,10H,8H2. The normalized spacial score (nSPS) is 23.9. The first-order valence-corrected chi connectivity index (χ1v) is 2.82. The van der Waals surface area contributed by atoms with E-state index in [-0.39, 0.29) is 5.57 Å². The molecule has 1 aliphatic carbocycles. The van der Waals surface area contributed by atoms with E-state index in [1.54, 1.807) is 12.0 Å². The first-order chi connectivity index (χ1) is 4.74. The molecule has 3 N–H and O–H groups in total. The third kappa shape index (κ3) is 1.16. The van der Waals surface area contributed by atoms with E-state index >= 15 is 0 Å². The van der Waals surface area contributed by atoms with Crippen LogP contribution < -0.4 is 5.73 Å². The van der Waals surface area contributed by atoms with Gasteiger partial charge in [-0.25, -0.2) is 4.79 Å². The van der Waals surface area contributed by atoms with Crippen LogP contribution in [0.5, 0.6) is 0 Å². The summed E-state index contributed by atoms with van der Waals surface area (Å²) in [6, 6.07) is 0. The van der Waals surface area contributed by atoms with Crippen LogP contribution in [0, 0.1) is 0 Å². The largest absolute Gasteiger partial charge is 0.399 e. The lowest BCUT2D eigenvalue weighted by molar-refractivity contribution is 0.263. The Morgan fingerprint density at radius 3 is 2.90 bits per heavy atom. The van der Waals surface area contributed by atoms with Crippen LogP contribution in [0.1, 0.15) is 0 Å². The maximum absolute atomic E-state index is 10.1. The molecule has 3 nitrogen and oxygen atoms in total. The topological polar surface area (TPSA) is 63.3 Å². The Morgan fingerprint density at radius 1 is 1.70 bits per heavy atom. The molecule has 0 heterocycles. The van der Waals surface area contributed by atoms with Gasteiger partial charge in [0.1, 0.15) is 12.0 Å². The lowest BCUT2D eigenvalue weighted by atomic mass is 10.1. The predicted molar refractivity (Wildman–Crippen MR) is 36.6 cm³/mol. The summed E-state index contributed by atoms with van der Waals surface area (Å²) in [5, 5.41) is 9.00. The molecule has 0 radical (unpaired) electrons. The molecule has 0 aromatic heterocycles.